The smallest absolute Gasteiger partial charge is 0.157 e. The van der Waals surface area contributed by atoms with Gasteiger partial charge in [0.25, 0.3) is 0 Å². The number of hydrogen-bond acceptors (Lipinski definition) is 4. The molecule has 5 heteroatoms. The van der Waals surface area contributed by atoms with Crippen LogP contribution in [0.3, 0.4) is 0 Å². The normalized spacial score (nSPS) is 10.5. The molecule has 0 amide bonds. The van der Waals surface area contributed by atoms with Gasteiger partial charge < -0.3 is 4.90 Å². The summed E-state index contributed by atoms with van der Waals surface area (Å²) in [4.78, 5) is 6.65. The number of hydrogen-bond donors (Lipinski definition) is 0. The zero-order chi connectivity index (χ0) is 15.7. The van der Waals surface area contributed by atoms with Crippen LogP contribution in [-0.4, -0.2) is 23.0 Å². The fourth-order valence-electron chi connectivity index (χ4n) is 2.68. The van der Waals surface area contributed by atoms with Gasteiger partial charge in [0.2, 0.25) is 0 Å². The number of benzene rings is 1. The Hall–Kier alpha value is -3.05. The first-order valence-corrected chi connectivity index (χ1v) is 7.06. The highest BCUT2D eigenvalue weighted by molar-refractivity contribution is 5.85. The molecular weight excluding hydrogens is 274 g/mol. The van der Waals surface area contributed by atoms with E-state index in [9.17, 15) is 5.26 Å². The molecule has 0 aliphatic rings. The van der Waals surface area contributed by atoms with Crippen LogP contribution in [0.25, 0.3) is 16.7 Å². The second-order valence-electron chi connectivity index (χ2n) is 5.26. The number of anilines is 1. The van der Waals surface area contributed by atoms with E-state index in [0.29, 0.717) is 24.2 Å². The van der Waals surface area contributed by atoms with Gasteiger partial charge in [-0.05, 0) is 30.7 Å². The van der Waals surface area contributed by atoms with Gasteiger partial charge in [-0.25, -0.2) is 4.98 Å². The molecule has 5 nitrogen and oxygen atoms in total. The lowest BCUT2D eigenvalue weighted by molar-refractivity contribution is 0.875. The first kappa shape index (κ1) is 13.9. The van der Waals surface area contributed by atoms with Crippen LogP contribution in [0.2, 0.25) is 0 Å². The van der Waals surface area contributed by atoms with Crippen molar-refractivity contribution in [1.29, 1.82) is 10.5 Å². The highest BCUT2D eigenvalue weighted by atomic mass is 15.2. The summed E-state index contributed by atoms with van der Waals surface area (Å²) in [7, 11) is 1.95. The summed E-state index contributed by atoms with van der Waals surface area (Å²) in [6.07, 6.45) is 0.448. The molecule has 0 saturated heterocycles. The molecule has 0 aliphatic heterocycles. The molecule has 0 bridgehead atoms. The van der Waals surface area contributed by atoms with E-state index in [4.69, 9.17) is 5.26 Å². The first-order valence-electron chi connectivity index (χ1n) is 7.06. The molecule has 0 saturated carbocycles. The van der Waals surface area contributed by atoms with Crippen LogP contribution in [0.5, 0.6) is 0 Å². The molecule has 3 aromatic rings. The summed E-state index contributed by atoms with van der Waals surface area (Å²) in [5.74, 6) is 0.940. The topological polar surface area (TPSA) is 68.1 Å². The fourth-order valence-corrected chi connectivity index (χ4v) is 2.68. The van der Waals surface area contributed by atoms with Crippen LogP contribution < -0.4 is 4.90 Å². The van der Waals surface area contributed by atoms with E-state index in [1.165, 1.54) is 0 Å². The SMILES string of the molecule is Cc1cc(N(C)CCC#N)n2c(nc3ccccc32)c1C#N. The van der Waals surface area contributed by atoms with E-state index < -0.39 is 0 Å². The standard InChI is InChI=1S/C17H15N5/c1-12-10-16(21(2)9-5-8-18)22-15-7-4-3-6-14(15)20-17(22)13(12)11-19/h3-4,6-7,10H,5,9H2,1-2H3. The van der Waals surface area contributed by atoms with Crippen LogP contribution in [-0.2, 0) is 0 Å². The maximum atomic E-state index is 9.45. The molecule has 0 atom stereocenters. The van der Waals surface area contributed by atoms with E-state index in [1.54, 1.807) is 0 Å². The molecule has 108 valence electrons. The van der Waals surface area contributed by atoms with E-state index in [-0.39, 0.29) is 0 Å². The highest BCUT2D eigenvalue weighted by Gasteiger charge is 2.16. The second-order valence-corrected chi connectivity index (χ2v) is 5.26. The summed E-state index contributed by atoms with van der Waals surface area (Å²) in [5, 5.41) is 18.3. The van der Waals surface area contributed by atoms with Crippen LogP contribution in [0.15, 0.2) is 30.3 Å². The summed E-state index contributed by atoms with van der Waals surface area (Å²) < 4.78 is 2.00. The van der Waals surface area contributed by atoms with Crippen molar-refractivity contribution in [3.63, 3.8) is 0 Å². The molecule has 0 unspecified atom stereocenters. The van der Waals surface area contributed by atoms with Gasteiger partial charge in [-0.15, -0.1) is 0 Å². The third-order valence-corrected chi connectivity index (χ3v) is 3.82. The predicted molar refractivity (Wildman–Crippen MR) is 85.7 cm³/mol. The lowest BCUT2D eigenvalue weighted by Gasteiger charge is -2.21. The van der Waals surface area contributed by atoms with Gasteiger partial charge in [0, 0.05) is 13.6 Å². The predicted octanol–water partition coefficient (Wildman–Crippen LogP) is 3.02. The molecule has 2 aromatic heterocycles. The van der Waals surface area contributed by atoms with Gasteiger partial charge in [0.05, 0.1) is 29.1 Å². The number of aryl methyl sites for hydroxylation is 1. The Kier molecular flexibility index (Phi) is 3.40. The number of imidazole rings is 1. The zero-order valence-electron chi connectivity index (χ0n) is 12.5. The molecule has 0 radical (unpaired) electrons. The van der Waals surface area contributed by atoms with Crippen molar-refractivity contribution in [2.45, 2.75) is 13.3 Å². The van der Waals surface area contributed by atoms with Crippen molar-refractivity contribution >= 4 is 22.5 Å². The van der Waals surface area contributed by atoms with Crippen molar-refractivity contribution in [2.75, 3.05) is 18.5 Å². The molecule has 22 heavy (non-hydrogen) atoms. The average Bonchev–Trinajstić information content (AvgIpc) is 2.91. The van der Waals surface area contributed by atoms with E-state index in [1.807, 2.05) is 53.6 Å². The van der Waals surface area contributed by atoms with E-state index >= 15 is 0 Å². The number of fused-ring (bicyclic) bond motifs is 3. The van der Waals surface area contributed by atoms with Crippen molar-refractivity contribution < 1.29 is 0 Å². The van der Waals surface area contributed by atoms with Crippen LogP contribution in [0.4, 0.5) is 5.82 Å². The largest absolute Gasteiger partial charge is 0.360 e. The molecule has 3 rings (SSSR count). The Labute approximate surface area is 128 Å². The lowest BCUT2D eigenvalue weighted by atomic mass is 10.1. The number of pyridine rings is 1. The third kappa shape index (κ3) is 2.04. The lowest BCUT2D eigenvalue weighted by Crippen LogP contribution is -2.21. The molecule has 0 N–H and O–H groups in total. The maximum Gasteiger partial charge on any atom is 0.157 e. The van der Waals surface area contributed by atoms with Gasteiger partial charge in [-0.1, -0.05) is 12.1 Å². The molecular formula is C17H15N5. The average molecular weight is 289 g/mol. The van der Waals surface area contributed by atoms with E-state index in [0.717, 1.165) is 22.4 Å². The van der Waals surface area contributed by atoms with Gasteiger partial charge >= 0.3 is 0 Å². The van der Waals surface area contributed by atoms with E-state index in [2.05, 4.69) is 17.1 Å². The molecule has 0 fully saturated rings. The minimum atomic E-state index is 0.448. The molecule has 0 aliphatic carbocycles. The molecule has 2 heterocycles. The quantitative estimate of drug-likeness (QED) is 0.743. The van der Waals surface area contributed by atoms with Crippen molar-refractivity contribution in [2.24, 2.45) is 0 Å². The van der Waals surface area contributed by atoms with Crippen LogP contribution in [0, 0.1) is 29.6 Å². The Morgan fingerprint density at radius 3 is 2.77 bits per heavy atom. The monoisotopic (exact) mass is 289 g/mol. The van der Waals surface area contributed by atoms with Gasteiger partial charge in [0.15, 0.2) is 5.65 Å². The van der Waals surface area contributed by atoms with Crippen molar-refractivity contribution in [3.8, 4) is 12.1 Å². The summed E-state index contributed by atoms with van der Waals surface area (Å²) in [6, 6.07) is 14.2. The number of nitrogens with zero attached hydrogens (tertiary/aromatic N) is 5. The Balaban J connectivity index is 2.37. The highest BCUT2D eigenvalue weighted by Crippen LogP contribution is 2.28. The third-order valence-electron chi connectivity index (χ3n) is 3.82. The van der Waals surface area contributed by atoms with Crippen molar-refractivity contribution in [3.05, 3.63) is 41.5 Å². The van der Waals surface area contributed by atoms with Gasteiger partial charge in [-0.3, -0.25) is 4.40 Å². The number of nitriles is 2. The summed E-state index contributed by atoms with van der Waals surface area (Å²) >= 11 is 0. The number of rotatable bonds is 3. The summed E-state index contributed by atoms with van der Waals surface area (Å²) in [6.45, 7) is 2.54. The van der Waals surface area contributed by atoms with Crippen LogP contribution >= 0.6 is 0 Å². The minimum Gasteiger partial charge on any atom is -0.360 e. The second kappa shape index (κ2) is 5.38. The molecule has 0 spiro atoms. The number of aromatic nitrogens is 2. The summed E-state index contributed by atoms with van der Waals surface area (Å²) in [5.41, 5.74) is 3.98. The molecule has 1 aromatic carbocycles. The fraction of sp³-hybridized carbons (Fsp3) is 0.235. The Bertz CT molecular complexity index is 939. The van der Waals surface area contributed by atoms with Gasteiger partial charge in [-0.2, -0.15) is 10.5 Å². The maximum absolute atomic E-state index is 9.45. The Morgan fingerprint density at radius 2 is 2.05 bits per heavy atom. The van der Waals surface area contributed by atoms with Gasteiger partial charge in [0.1, 0.15) is 11.9 Å². The van der Waals surface area contributed by atoms with Crippen LogP contribution in [0.1, 0.15) is 17.5 Å². The van der Waals surface area contributed by atoms with Crippen molar-refractivity contribution in [1.82, 2.24) is 9.38 Å². The first-order chi connectivity index (χ1) is 10.7. The Morgan fingerprint density at radius 1 is 1.27 bits per heavy atom. The zero-order valence-corrected chi connectivity index (χ0v) is 12.5. The number of para-hydroxylation sites is 2. The minimum absolute atomic E-state index is 0.448.